The van der Waals surface area contributed by atoms with E-state index in [0.29, 0.717) is 22.4 Å². The van der Waals surface area contributed by atoms with Crippen LogP contribution in [0.3, 0.4) is 0 Å². The fourth-order valence-electron chi connectivity index (χ4n) is 9.49. The van der Waals surface area contributed by atoms with E-state index in [2.05, 4.69) is 0 Å². The van der Waals surface area contributed by atoms with Crippen molar-refractivity contribution in [2.75, 3.05) is 6.54 Å². The molecule has 6 unspecified atom stereocenters. The van der Waals surface area contributed by atoms with Gasteiger partial charge >= 0.3 is 5.97 Å². The van der Waals surface area contributed by atoms with E-state index in [-0.39, 0.29) is 73.5 Å². The molecule has 9 heteroatoms. The predicted molar refractivity (Wildman–Crippen MR) is 199 cm³/mol. The van der Waals surface area contributed by atoms with Crippen LogP contribution in [0.25, 0.3) is 5.57 Å². The molecule has 2 amide bonds. The van der Waals surface area contributed by atoms with E-state index in [4.69, 9.17) is 4.74 Å². The molecule has 1 heterocycles. The van der Waals surface area contributed by atoms with Gasteiger partial charge in [0.15, 0.2) is 11.6 Å². The molecule has 9 nitrogen and oxygen atoms in total. The predicted octanol–water partition coefficient (Wildman–Crippen LogP) is 6.66. The number of nitrogens with zero attached hydrogens (tertiary/aromatic N) is 1. The minimum Gasteiger partial charge on any atom is -0.508 e. The highest BCUT2D eigenvalue weighted by Crippen LogP contribution is 2.64. The normalized spacial score (nSPS) is 26.0. The molecule has 4 aromatic carbocycles. The van der Waals surface area contributed by atoms with Crippen LogP contribution in [0.2, 0.25) is 0 Å². The third-order valence-corrected chi connectivity index (χ3v) is 11.8. The average Bonchev–Trinajstić information content (AvgIpc) is 3.43. The molecule has 6 atom stereocenters. The maximum atomic E-state index is 15.2. The first-order valence-corrected chi connectivity index (χ1v) is 18.4. The zero-order valence-corrected chi connectivity index (χ0v) is 29.5. The number of aromatic hydroxyl groups is 1. The quantitative estimate of drug-likeness (QED) is 0.137. The van der Waals surface area contributed by atoms with E-state index in [1.165, 1.54) is 17.0 Å². The average molecular weight is 722 g/mol. The molecular weight excluding hydrogens is 682 g/mol. The van der Waals surface area contributed by atoms with Crippen molar-refractivity contribution in [3.05, 3.63) is 149 Å². The summed E-state index contributed by atoms with van der Waals surface area (Å²) in [5, 5.41) is 21.2. The van der Waals surface area contributed by atoms with E-state index in [9.17, 15) is 24.6 Å². The van der Waals surface area contributed by atoms with Crippen molar-refractivity contribution >= 4 is 34.9 Å². The molecule has 272 valence electrons. The lowest BCUT2D eigenvalue weighted by Crippen LogP contribution is -2.58. The second-order valence-electron chi connectivity index (χ2n) is 14.6. The topological polar surface area (TPSA) is 138 Å². The largest absolute Gasteiger partial charge is 0.508 e. The Labute approximate surface area is 312 Å². The summed E-state index contributed by atoms with van der Waals surface area (Å²) in [5.74, 6) is -5.88. The number of carboxylic acid groups (broad SMARTS) is 1. The Morgan fingerprint density at radius 2 is 1.52 bits per heavy atom. The Bertz CT molecular complexity index is 2210. The number of fused-ring (bicyclic) bond motifs is 4. The van der Waals surface area contributed by atoms with Crippen molar-refractivity contribution in [2.45, 2.75) is 43.6 Å². The molecule has 0 bridgehead atoms. The van der Waals surface area contributed by atoms with Gasteiger partial charge < -0.3 is 14.9 Å². The number of ether oxygens (including phenoxy) is 1. The number of hydrogen-bond donors (Lipinski definition) is 2. The van der Waals surface area contributed by atoms with E-state index >= 15 is 9.59 Å². The molecule has 4 aromatic rings. The van der Waals surface area contributed by atoms with Crippen LogP contribution in [0, 0.1) is 23.7 Å². The second kappa shape index (κ2) is 14.0. The molecule has 1 saturated carbocycles. The van der Waals surface area contributed by atoms with Gasteiger partial charge in [0.1, 0.15) is 18.1 Å². The number of rotatable bonds is 10. The van der Waals surface area contributed by atoms with Gasteiger partial charge in [0.05, 0.1) is 17.3 Å². The lowest BCUT2D eigenvalue weighted by molar-refractivity contribution is -0.142. The number of likely N-dealkylation sites (tertiary alicyclic amines) is 1. The lowest BCUT2D eigenvalue weighted by Gasteiger charge is -2.55. The minimum absolute atomic E-state index is 0.0105. The molecule has 4 aliphatic rings. The van der Waals surface area contributed by atoms with Crippen LogP contribution >= 0.6 is 0 Å². The van der Waals surface area contributed by atoms with Crippen molar-refractivity contribution in [3.63, 3.8) is 0 Å². The number of aliphatic carboxylic acids is 1. The van der Waals surface area contributed by atoms with Crippen LogP contribution in [0.15, 0.2) is 127 Å². The third-order valence-electron chi connectivity index (χ3n) is 11.8. The summed E-state index contributed by atoms with van der Waals surface area (Å²) in [5.41, 5.74) is 2.13. The zero-order chi connectivity index (χ0) is 37.6. The molecule has 1 saturated heterocycles. The number of allylic oxidation sites excluding steroid dienone is 4. The van der Waals surface area contributed by atoms with Crippen molar-refractivity contribution in [1.82, 2.24) is 4.90 Å². The van der Waals surface area contributed by atoms with Crippen LogP contribution in [-0.4, -0.2) is 51.0 Å². The van der Waals surface area contributed by atoms with Crippen molar-refractivity contribution in [2.24, 2.45) is 23.7 Å². The summed E-state index contributed by atoms with van der Waals surface area (Å²) in [7, 11) is 0. The number of amides is 2. The van der Waals surface area contributed by atoms with E-state index in [1.807, 2.05) is 84.9 Å². The molecule has 2 fully saturated rings. The van der Waals surface area contributed by atoms with Gasteiger partial charge in [-0.25, -0.2) is 0 Å². The van der Waals surface area contributed by atoms with E-state index < -0.39 is 41.0 Å². The molecule has 0 radical (unpaired) electrons. The summed E-state index contributed by atoms with van der Waals surface area (Å²) in [6.45, 7) is 0.262. The van der Waals surface area contributed by atoms with E-state index in [0.717, 1.165) is 11.1 Å². The Morgan fingerprint density at radius 1 is 0.833 bits per heavy atom. The van der Waals surface area contributed by atoms with Gasteiger partial charge in [-0.3, -0.25) is 28.9 Å². The number of benzene rings is 4. The summed E-state index contributed by atoms with van der Waals surface area (Å²) in [4.78, 5) is 70.8. The maximum absolute atomic E-state index is 15.2. The highest BCUT2D eigenvalue weighted by Gasteiger charge is 2.66. The van der Waals surface area contributed by atoms with Gasteiger partial charge in [-0.2, -0.15) is 0 Å². The van der Waals surface area contributed by atoms with Gasteiger partial charge in [0, 0.05) is 42.0 Å². The molecule has 0 aromatic heterocycles. The number of Topliss-reactive ketones (excluding diaryl/α,β-unsaturated/α-hetero) is 1. The van der Waals surface area contributed by atoms with Gasteiger partial charge in [-0.1, -0.05) is 109 Å². The van der Waals surface area contributed by atoms with Crippen LogP contribution in [0.4, 0.5) is 0 Å². The molecule has 0 spiro atoms. The van der Waals surface area contributed by atoms with Gasteiger partial charge in [0.25, 0.3) is 0 Å². The molecule has 2 N–H and O–H groups in total. The third kappa shape index (κ3) is 5.75. The summed E-state index contributed by atoms with van der Waals surface area (Å²) in [6, 6.07) is 32.9. The van der Waals surface area contributed by atoms with Crippen LogP contribution in [0.5, 0.6) is 11.5 Å². The first kappa shape index (κ1) is 35.0. The summed E-state index contributed by atoms with van der Waals surface area (Å²) >= 11 is 0. The number of imide groups is 1. The monoisotopic (exact) mass is 721 g/mol. The smallest absolute Gasteiger partial charge is 0.303 e. The van der Waals surface area contributed by atoms with Gasteiger partial charge in [0.2, 0.25) is 11.8 Å². The number of phenols is 1. The molecular formula is C45H39NO8. The van der Waals surface area contributed by atoms with E-state index in [1.54, 1.807) is 24.3 Å². The standard InChI is InChI=1S/C45H39NO8/c47-37-23-30(54-26-27-11-4-1-5-12-27)18-19-32(37)41-31-20-21-33-40(44(53)46(43(33)52)22-10-17-39(49)50)35(31)24-36-42(51)34(28-13-6-2-7-14-28)25-38(48)45(36,41)29-15-8-3-9-16-29/h1-9,11-16,18-20,23,25,33,35-36,40-41,47H,10,17,21-22,24,26H2,(H,49,50). The molecule has 1 aliphatic heterocycles. The fraction of sp³-hybridized carbons (Fsp3) is 0.267. The first-order valence-electron chi connectivity index (χ1n) is 18.4. The van der Waals surface area contributed by atoms with Crippen LogP contribution < -0.4 is 4.74 Å². The summed E-state index contributed by atoms with van der Waals surface area (Å²) < 4.78 is 6.05. The highest BCUT2D eigenvalue weighted by atomic mass is 16.5. The first-order chi connectivity index (χ1) is 26.2. The number of carbonyl (C=O) groups excluding carboxylic acids is 4. The van der Waals surface area contributed by atoms with Crippen molar-refractivity contribution in [1.29, 1.82) is 0 Å². The van der Waals surface area contributed by atoms with Crippen LogP contribution in [0.1, 0.15) is 53.9 Å². The summed E-state index contributed by atoms with van der Waals surface area (Å²) in [6.07, 6.45) is 3.70. The van der Waals surface area contributed by atoms with Crippen molar-refractivity contribution < 1.29 is 38.9 Å². The second-order valence-corrected chi connectivity index (χ2v) is 14.6. The number of phenolic OH excluding ortho intramolecular Hbond substituents is 1. The van der Waals surface area contributed by atoms with Crippen molar-refractivity contribution in [3.8, 4) is 11.5 Å². The maximum Gasteiger partial charge on any atom is 0.303 e. The van der Waals surface area contributed by atoms with Gasteiger partial charge in [-0.15, -0.1) is 0 Å². The minimum atomic E-state index is -1.48. The van der Waals surface area contributed by atoms with Gasteiger partial charge in [-0.05, 0) is 54.0 Å². The Balaban J connectivity index is 1.28. The Morgan fingerprint density at radius 3 is 2.20 bits per heavy atom. The Hall–Kier alpha value is -6.09. The zero-order valence-electron chi connectivity index (χ0n) is 29.5. The fourth-order valence-corrected chi connectivity index (χ4v) is 9.49. The number of hydrogen-bond acceptors (Lipinski definition) is 7. The lowest BCUT2D eigenvalue weighted by atomic mass is 9.44. The number of carboxylic acids is 1. The molecule has 54 heavy (non-hydrogen) atoms. The Kier molecular flexibility index (Phi) is 9.09. The molecule has 3 aliphatic carbocycles. The number of carbonyl (C=O) groups is 5. The highest BCUT2D eigenvalue weighted by molar-refractivity contribution is 6.31. The SMILES string of the molecule is O=C(O)CCCN1C(=O)C2CC=C3C(CC4C(=O)C(c5ccccc5)=CC(=O)C4(c4ccccc4)C3c3ccc(OCc4ccccc4)cc3O)C2C1=O. The van der Waals surface area contributed by atoms with Crippen LogP contribution in [-0.2, 0) is 36.0 Å². The number of ketones is 2. The molecule has 8 rings (SSSR count).